The van der Waals surface area contributed by atoms with Crippen molar-refractivity contribution in [1.29, 1.82) is 0 Å². The summed E-state index contributed by atoms with van der Waals surface area (Å²) in [6, 6.07) is 6.75. The molecule has 1 aromatic heterocycles. The first-order valence-corrected chi connectivity index (χ1v) is 9.46. The fourth-order valence-corrected chi connectivity index (χ4v) is 4.83. The highest BCUT2D eigenvalue weighted by Crippen LogP contribution is 2.41. The molecule has 2 N–H and O–H groups in total. The van der Waals surface area contributed by atoms with Gasteiger partial charge in [0.2, 0.25) is 0 Å². The number of non-ortho nitro benzene ring substituents is 1. The van der Waals surface area contributed by atoms with Gasteiger partial charge in [0.15, 0.2) is 0 Å². The van der Waals surface area contributed by atoms with Gasteiger partial charge in [0.05, 0.1) is 10.5 Å². The lowest BCUT2D eigenvalue weighted by Gasteiger charge is -2.30. The van der Waals surface area contributed by atoms with Gasteiger partial charge in [0, 0.05) is 36.1 Å². The van der Waals surface area contributed by atoms with Crippen LogP contribution < -0.4 is 10.6 Å². The molecular formula is C18H20N4O3S. The molecule has 136 valence electrons. The second-order valence-corrected chi connectivity index (χ2v) is 8.03. The van der Waals surface area contributed by atoms with E-state index in [2.05, 4.69) is 29.4 Å². The van der Waals surface area contributed by atoms with Gasteiger partial charge in [-0.3, -0.25) is 19.8 Å². The normalized spacial score (nSPS) is 19.5. The molecule has 0 radical (unpaired) electrons. The third-order valence-electron chi connectivity index (χ3n) is 5.03. The highest BCUT2D eigenvalue weighted by molar-refractivity contribution is 7.16. The molecule has 7 nitrogen and oxygen atoms in total. The maximum Gasteiger partial charge on any atom is 0.269 e. The van der Waals surface area contributed by atoms with Gasteiger partial charge in [-0.05, 0) is 43.5 Å². The number of fused-ring (bicyclic) bond motifs is 3. The van der Waals surface area contributed by atoms with Gasteiger partial charge >= 0.3 is 0 Å². The first-order chi connectivity index (χ1) is 12.4. The molecule has 26 heavy (non-hydrogen) atoms. The number of nitro groups is 1. The number of hydrogen-bond donors (Lipinski definition) is 2. The van der Waals surface area contributed by atoms with E-state index in [1.54, 1.807) is 23.5 Å². The minimum atomic E-state index is -0.428. The van der Waals surface area contributed by atoms with Gasteiger partial charge < -0.3 is 10.6 Å². The van der Waals surface area contributed by atoms with Crippen LogP contribution >= 0.6 is 11.3 Å². The van der Waals surface area contributed by atoms with Crippen molar-refractivity contribution in [3.05, 3.63) is 55.9 Å². The Kier molecular flexibility index (Phi) is 4.16. The van der Waals surface area contributed by atoms with Crippen LogP contribution in [0.5, 0.6) is 0 Å². The van der Waals surface area contributed by atoms with E-state index in [0.29, 0.717) is 6.04 Å². The molecule has 0 saturated heterocycles. The fraction of sp³-hybridized carbons (Fsp3) is 0.389. The Morgan fingerprint density at radius 3 is 2.65 bits per heavy atom. The van der Waals surface area contributed by atoms with E-state index in [0.717, 1.165) is 41.2 Å². The molecule has 0 fully saturated rings. The summed E-state index contributed by atoms with van der Waals surface area (Å²) >= 11 is 1.65. The van der Waals surface area contributed by atoms with Gasteiger partial charge in [-0.1, -0.05) is 0 Å². The first-order valence-electron chi connectivity index (χ1n) is 8.64. The van der Waals surface area contributed by atoms with E-state index in [4.69, 9.17) is 0 Å². The standard InChI is InChI=1S/C18H20N4O3S/c1-10(2)21-8-7-13-14(9-21)26-18-15(13)17(23)19-16(20-18)11-3-5-12(6-4-11)22(24)25/h3-6,10,16,20H,7-9H2,1-2H3,(H,19,23)/t16-/m1/s1. The fourth-order valence-electron chi connectivity index (χ4n) is 3.53. The third kappa shape index (κ3) is 2.85. The molecule has 1 amide bonds. The first kappa shape index (κ1) is 17.0. The van der Waals surface area contributed by atoms with Crippen LogP contribution in [0.1, 0.15) is 46.4 Å². The molecule has 0 saturated carbocycles. The molecule has 2 aliphatic heterocycles. The van der Waals surface area contributed by atoms with Crippen LogP contribution in [0.25, 0.3) is 0 Å². The zero-order valence-electron chi connectivity index (χ0n) is 14.6. The number of carbonyl (C=O) groups is 1. The Labute approximate surface area is 155 Å². The maximum atomic E-state index is 12.7. The minimum Gasteiger partial charge on any atom is -0.353 e. The molecular weight excluding hydrogens is 352 g/mol. The average Bonchev–Trinajstić information content (AvgIpc) is 2.99. The summed E-state index contributed by atoms with van der Waals surface area (Å²) in [7, 11) is 0. The summed E-state index contributed by atoms with van der Waals surface area (Å²) in [5, 5.41) is 18.1. The molecule has 0 unspecified atom stereocenters. The van der Waals surface area contributed by atoms with Crippen molar-refractivity contribution < 1.29 is 9.72 Å². The molecule has 4 rings (SSSR count). The van der Waals surface area contributed by atoms with Crippen molar-refractivity contribution in [2.24, 2.45) is 0 Å². The van der Waals surface area contributed by atoms with Gasteiger partial charge in [0.1, 0.15) is 11.2 Å². The smallest absolute Gasteiger partial charge is 0.269 e. The topological polar surface area (TPSA) is 87.5 Å². The summed E-state index contributed by atoms with van der Waals surface area (Å²) < 4.78 is 0. The largest absolute Gasteiger partial charge is 0.353 e. The molecule has 2 aliphatic rings. The van der Waals surface area contributed by atoms with Crippen LogP contribution in [0.15, 0.2) is 24.3 Å². The molecule has 2 aromatic rings. The third-order valence-corrected chi connectivity index (χ3v) is 6.18. The Bertz CT molecular complexity index is 875. The predicted octanol–water partition coefficient (Wildman–Crippen LogP) is 3.28. The minimum absolute atomic E-state index is 0.0388. The summed E-state index contributed by atoms with van der Waals surface area (Å²) in [4.78, 5) is 26.8. The quantitative estimate of drug-likeness (QED) is 0.638. The summed E-state index contributed by atoms with van der Waals surface area (Å²) in [5.41, 5.74) is 2.77. The summed E-state index contributed by atoms with van der Waals surface area (Å²) in [5.74, 6) is -0.0717. The second-order valence-electron chi connectivity index (χ2n) is 6.92. The lowest BCUT2D eigenvalue weighted by Crippen LogP contribution is -2.39. The number of benzene rings is 1. The molecule has 3 heterocycles. The van der Waals surface area contributed by atoms with E-state index in [1.807, 2.05) is 0 Å². The molecule has 0 spiro atoms. The van der Waals surface area contributed by atoms with Gasteiger partial charge in [-0.15, -0.1) is 11.3 Å². The van der Waals surface area contributed by atoms with Crippen LogP contribution in [-0.2, 0) is 13.0 Å². The Morgan fingerprint density at radius 1 is 1.27 bits per heavy atom. The Morgan fingerprint density at radius 2 is 2.00 bits per heavy atom. The number of thiophene rings is 1. The molecule has 1 aromatic carbocycles. The molecule has 1 atom stereocenters. The molecule has 0 aliphatic carbocycles. The number of rotatable bonds is 3. The maximum absolute atomic E-state index is 12.7. The zero-order valence-corrected chi connectivity index (χ0v) is 15.4. The average molecular weight is 372 g/mol. The van der Waals surface area contributed by atoms with Crippen LogP contribution in [0.2, 0.25) is 0 Å². The Hall–Kier alpha value is -2.45. The highest BCUT2D eigenvalue weighted by atomic mass is 32.1. The lowest BCUT2D eigenvalue weighted by atomic mass is 9.99. The number of carbonyl (C=O) groups excluding carboxylic acids is 1. The van der Waals surface area contributed by atoms with Gasteiger partial charge in [0.25, 0.3) is 11.6 Å². The number of nitrogens with zero attached hydrogens (tertiary/aromatic N) is 2. The van der Waals surface area contributed by atoms with Crippen LogP contribution in [-0.4, -0.2) is 28.3 Å². The monoisotopic (exact) mass is 372 g/mol. The Balaban J connectivity index is 1.61. The van der Waals surface area contributed by atoms with E-state index >= 15 is 0 Å². The zero-order chi connectivity index (χ0) is 18.4. The van der Waals surface area contributed by atoms with E-state index in [9.17, 15) is 14.9 Å². The van der Waals surface area contributed by atoms with Crippen LogP contribution in [0, 0.1) is 10.1 Å². The van der Waals surface area contributed by atoms with Crippen molar-refractivity contribution in [1.82, 2.24) is 10.2 Å². The van der Waals surface area contributed by atoms with Crippen molar-refractivity contribution in [3.8, 4) is 0 Å². The van der Waals surface area contributed by atoms with Crippen LogP contribution in [0.4, 0.5) is 10.7 Å². The lowest BCUT2D eigenvalue weighted by molar-refractivity contribution is -0.384. The van der Waals surface area contributed by atoms with Crippen molar-refractivity contribution in [2.75, 3.05) is 11.9 Å². The van der Waals surface area contributed by atoms with E-state index in [-0.39, 0.29) is 17.8 Å². The van der Waals surface area contributed by atoms with Crippen molar-refractivity contribution >= 4 is 27.9 Å². The number of anilines is 1. The number of hydrogen-bond acceptors (Lipinski definition) is 6. The van der Waals surface area contributed by atoms with Gasteiger partial charge in [-0.25, -0.2) is 0 Å². The SMILES string of the molecule is CC(C)N1CCc2c(sc3c2C(=O)N[C@@H](c2ccc([N+](=O)[O-])cc2)N3)C1. The number of nitrogens with one attached hydrogen (secondary N) is 2. The van der Waals surface area contributed by atoms with Crippen LogP contribution in [0.3, 0.4) is 0 Å². The predicted molar refractivity (Wildman–Crippen MR) is 100 cm³/mol. The molecule has 0 bridgehead atoms. The molecule has 8 heteroatoms. The highest BCUT2D eigenvalue weighted by Gasteiger charge is 2.33. The number of nitro benzene ring substituents is 1. The summed E-state index contributed by atoms with van der Waals surface area (Å²) in [6.45, 7) is 6.22. The van der Waals surface area contributed by atoms with E-state index < -0.39 is 4.92 Å². The van der Waals surface area contributed by atoms with E-state index in [1.165, 1.54) is 17.0 Å². The van der Waals surface area contributed by atoms with Crippen molar-refractivity contribution in [2.45, 2.75) is 39.0 Å². The summed E-state index contributed by atoms with van der Waals surface area (Å²) in [6.07, 6.45) is 0.508. The van der Waals surface area contributed by atoms with Crippen molar-refractivity contribution in [3.63, 3.8) is 0 Å². The number of amides is 1. The second kappa shape index (κ2) is 6.37. The van der Waals surface area contributed by atoms with Gasteiger partial charge in [-0.2, -0.15) is 0 Å².